The topological polar surface area (TPSA) is 56.7 Å². The van der Waals surface area contributed by atoms with Gasteiger partial charge < -0.3 is 10.3 Å². The van der Waals surface area contributed by atoms with Gasteiger partial charge in [-0.15, -0.1) is 10.2 Å². The summed E-state index contributed by atoms with van der Waals surface area (Å²) in [7, 11) is 0. The molecule has 0 saturated heterocycles. The van der Waals surface area contributed by atoms with Gasteiger partial charge in [-0.25, -0.2) is 0 Å². The fourth-order valence-electron chi connectivity index (χ4n) is 3.49. The number of hydrogen-bond acceptors (Lipinski definition) is 3. The van der Waals surface area contributed by atoms with E-state index in [0.29, 0.717) is 6.04 Å². The second-order valence-electron chi connectivity index (χ2n) is 6.28. The highest BCUT2D eigenvalue weighted by Gasteiger charge is 2.23. The lowest BCUT2D eigenvalue weighted by atomic mass is 9.94. The van der Waals surface area contributed by atoms with Crippen LogP contribution in [-0.4, -0.2) is 14.8 Å². The van der Waals surface area contributed by atoms with Gasteiger partial charge in [0, 0.05) is 17.3 Å². The molecule has 1 saturated carbocycles. The highest BCUT2D eigenvalue weighted by molar-refractivity contribution is 5.75. The van der Waals surface area contributed by atoms with Gasteiger partial charge in [0.15, 0.2) is 5.82 Å². The van der Waals surface area contributed by atoms with Crippen LogP contribution in [0.25, 0.3) is 11.4 Å². The van der Waals surface area contributed by atoms with Gasteiger partial charge in [-0.2, -0.15) is 0 Å². The zero-order chi connectivity index (χ0) is 15.0. The number of anilines is 1. The Balaban J connectivity index is 2.11. The fourth-order valence-corrected chi connectivity index (χ4v) is 3.49. The van der Waals surface area contributed by atoms with E-state index in [0.717, 1.165) is 28.5 Å². The summed E-state index contributed by atoms with van der Waals surface area (Å²) in [5.41, 5.74) is 10.5. The van der Waals surface area contributed by atoms with Crippen molar-refractivity contribution in [2.45, 2.75) is 58.9 Å². The van der Waals surface area contributed by atoms with E-state index in [2.05, 4.69) is 40.7 Å². The van der Waals surface area contributed by atoms with Crippen LogP contribution in [0.2, 0.25) is 0 Å². The van der Waals surface area contributed by atoms with E-state index in [9.17, 15) is 0 Å². The summed E-state index contributed by atoms with van der Waals surface area (Å²) >= 11 is 0. The summed E-state index contributed by atoms with van der Waals surface area (Å²) < 4.78 is 2.31. The second kappa shape index (κ2) is 5.51. The van der Waals surface area contributed by atoms with Gasteiger partial charge in [0.1, 0.15) is 5.82 Å². The van der Waals surface area contributed by atoms with Crippen LogP contribution in [0, 0.1) is 20.8 Å². The molecule has 0 bridgehead atoms. The van der Waals surface area contributed by atoms with Crippen LogP contribution in [0.3, 0.4) is 0 Å². The zero-order valence-electron chi connectivity index (χ0n) is 13.2. The van der Waals surface area contributed by atoms with Crippen molar-refractivity contribution < 1.29 is 0 Å². The lowest BCUT2D eigenvalue weighted by Crippen LogP contribution is -2.16. The van der Waals surface area contributed by atoms with Crippen LogP contribution in [-0.2, 0) is 0 Å². The maximum absolute atomic E-state index is 6.31. The van der Waals surface area contributed by atoms with E-state index in [-0.39, 0.29) is 0 Å². The Labute approximate surface area is 126 Å². The molecule has 0 radical (unpaired) electrons. The van der Waals surface area contributed by atoms with Gasteiger partial charge in [0.2, 0.25) is 0 Å². The molecule has 4 heteroatoms. The largest absolute Gasteiger partial charge is 0.398 e. The number of nitrogens with zero attached hydrogens (tertiary/aromatic N) is 3. The van der Waals surface area contributed by atoms with Crippen LogP contribution in [0.5, 0.6) is 0 Å². The third kappa shape index (κ3) is 2.55. The minimum Gasteiger partial charge on any atom is -0.398 e. The lowest BCUT2D eigenvalue weighted by Gasteiger charge is -2.25. The Kier molecular flexibility index (Phi) is 3.70. The van der Waals surface area contributed by atoms with Crippen LogP contribution in [0.1, 0.15) is 55.1 Å². The van der Waals surface area contributed by atoms with Crippen molar-refractivity contribution in [3.05, 3.63) is 29.1 Å². The van der Waals surface area contributed by atoms with Gasteiger partial charge in [0.25, 0.3) is 0 Å². The molecule has 4 nitrogen and oxygen atoms in total. The highest BCUT2D eigenvalue weighted by Crippen LogP contribution is 2.35. The van der Waals surface area contributed by atoms with Crippen molar-refractivity contribution in [3.63, 3.8) is 0 Å². The molecule has 0 unspecified atom stereocenters. The van der Waals surface area contributed by atoms with Crippen LogP contribution in [0.4, 0.5) is 5.69 Å². The molecule has 0 aliphatic heterocycles. The Morgan fingerprint density at radius 2 is 1.76 bits per heavy atom. The highest BCUT2D eigenvalue weighted by atomic mass is 15.3. The number of nitrogen functional groups attached to an aromatic ring is 1. The molecular formula is C17H24N4. The molecule has 2 aromatic rings. The third-order valence-electron chi connectivity index (χ3n) is 4.58. The number of nitrogens with two attached hydrogens (primary N) is 1. The number of aromatic nitrogens is 3. The average molecular weight is 284 g/mol. The summed E-state index contributed by atoms with van der Waals surface area (Å²) in [6.07, 6.45) is 6.37. The molecule has 1 fully saturated rings. The Bertz CT molecular complexity index is 651. The van der Waals surface area contributed by atoms with E-state index in [1.165, 1.54) is 37.7 Å². The van der Waals surface area contributed by atoms with Crippen LogP contribution >= 0.6 is 0 Å². The Morgan fingerprint density at radius 3 is 2.48 bits per heavy atom. The molecule has 0 atom stereocenters. The fraction of sp³-hybridized carbons (Fsp3) is 0.529. The van der Waals surface area contributed by atoms with E-state index in [4.69, 9.17) is 5.73 Å². The third-order valence-corrected chi connectivity index (χ3v) is 4.58. The molecule has 3 rings (SSSR count). The predicted octanol–water partition coefficient (Wildman–Crippen LogP) is 3.96. The summed E-state index contributed by atoms with van der Waals surface area (Å²) in [5, 5.41) is 8.76. The van der Waals surface area contributed by atoms with Crippen molar-refractivity contribution in [3.8, 4) is 11.4 Å². The standard InChI is InChI=1S/C17H24N4/c1-11-9-12(2)16(18)15(10-11)17-20-19-13(3)21(17)14-7-5-4-6-8-14/h9-10,14H,4-8,18H2,1-3H3. The molecular weight excluding hydrogens is 260 g/mol. The van der Waals surface area contributed by atoms with Gasteiger partial charge in [0.05, 0.1) is 0 Å². The monoisotopic (exact) mass is 284 g/mol. The Morgan fingerprint density at radius 1 is 1.05 bits per heavy atom. The molecule has 0 spiro atoms. The molecule has 1 heterocycles. The first kappa shape index (κ1) is 14.1. The van der Waals surface area contributed by atoms with Crippen LogP contribution < -0.4 is 5.73 Å². The smallest absolute Gasteiger partial charge is 0.166 e. The van der Waals surface area contributed by atoms with E-state index in [1.54, 1.807) is 0 Å². The second-order valence-corrected chi connectivity index (χ2v) is 6.28. The average Bonchev–Trinajstić information content (AvgIpc) is 2.85. The Hall–Kier alpha value is -1.84. The van der Waals surface area contributed by atoms with Crippen molar-refractivity contribution in [2.75, 3.05) is 5.73 Å². The minimum atomic E-state index is 0.518. The quantitative estimate of drug-likeness (QED) is 0.849. The zero-order valence-corrected chi connectivity index (χ0v) is 13.2. The van der Waals surface area contributed by atoms with Gasteiger partial charge in [-0.1, -0.05) is 25.3 Å². The number of aryl methyl sites for hydroxylation is 3. The van der Waals surface area contributed by atoms with Crippen molar-refractivity contribution >= 4 is 5.69 Å². The van der Waals surface area contributed by atoms with E-state index < -0.39 is 0 Å². The maximum atomic E-state index is 6.31. The molecule has 112 valence electrons. The first-order valence-corrected chi connectivity index (χ1v) is 7.86. The predicted molar refractivity (Wildman–Crippen MR) is 86.2 cm³/mol. The summed E-state index contributed by atoms with van der Waals surface area (Å²) in [4.78, 5) is 0. The van der Waals surface area contributed by atoms with Gasteiger partial charge >= 0.3 is 0 Å². The molecule has 0 amide bonds. The van der Waals surface area contributed by atoms with Crippen molar-refractivity contribution in [1.29, 1.82) is 0 Å². The minimum absolute atomic E-state index is 0.518. The lowest BCUT2D eigenvalue weighted by molar-refractivity contribution is 0.350. The van der Waals surface area contributed by atoms with Gasteiger partial charge in [-0.3, -0.25) is 0 Å². The first-order chi connectivity index (χ1) is 10.1. The van der Waals surface area contributed by atoms with Crippen molar-refractivity contribution in [1.82, 2.24) is 14.8 Å². The summed E-state index contributed by atoms with van der Waals surface area (Å²) in [6, 6.07) is 4.77. The van der Waals surface area contributed by atoms with Crippen molar-refractivity contribution in [2.24, 2.45) is 0 Å². The molecule has 1 aromatic carbocycles. The summed E-state index contributed by atoms with van der Waals surface area (Å²) in [5.74, 6) is 1.93. The SMILES string of the molecule is Cc1cc(C)c(N)c(-c2nnc(C)n2C2CCCCC2)c1. The maximum Gasteiger partial charge on any atom is 0.166 e. The number of hydrogen-bond donors (Lipinski definition) is 1. The van der Waals surface area contributed by atoms with E-state index >= 15 is 0 Å². The molecule has 1 aliphatic rings. The summed E-state index contributed by atoms with van der Waals surface area (Å²) in [6.45, 7) is 6.20. The molecule has 1 aliphatic carbocycles. The first-order valence-electron chi connectivity index (χ1n) is 7.86. The number of benzene rings is 1. The van der Waals surface area contributed by atoms with Gasteiger partial charge in [-0.05, 0) is 50.8 Å². The molecule has 2 N–H and O–H groups in total. The molecule has 21 heavy (non-hydrogen) atoms. The normalized spacial score (nSPS) is 16.3. The van der Waals surface area contributed by atoms with E-state index in [1.807, 2.05) is 6.92 Å². The number of rotatable bonds is 2. The van der Waals surface area contributed by atoms with Crippen LogP contribution in [0.15, 0.2) is 12.1 Å². The molecule has 1 aromatic heterocycles.